The van der Waals surface area contributed by atoms with Gasteiger partial charge in [-0.3, -0.25) is 24.0 Å². The van der Waals surface area contributed by atoms with E-state index < -0.39 is 76.6 Å². The van der Waals surface area contributed by atoms with Gasteiger partial charge in [-0.25, -0.2) is 0 Å². The van der Waals surface area contributed by atoms with Gasteiger partial charge in [0.05, 0.1) is 45.3 Å². The second kappa shape index (κ2) is 10.8. The zero-order chi connectivity index (χ0) is 33.5. The molecule has 3 aromatic rings. The van der Waals surface area contributed by atoms with Crippen molar-refractivity contribution in [1.29, 1.82) is 0 Å². The van der Waals surface area contributed by atoms with Crippen LogP contribution in [0.5, 0.6) is 11.5 Å². The largest absolute Gasteiger partial charge is 0.510 e. The number of hydrogen-bond donors (Lipinski definition) is 4. The maximum Gasteiger partial charge on any atom is 0.260 e. The number of nitrogens with one attached hydrogen (secondary N) is 1. The summed E-state index contributed by atoms with van der Waals surface area (Å²) < 4.78 is 5.41. The minimum absolute atomic E-state index is 0.0671. The van der Waals surface area contributed by atoms with Gasteiger partial charge in [0.1, 0.15) is 29.3 Å². The number of H-pyrrole nitrogens is 1. The molecular formula is C33H20ClIN2O10. The van der Waals surface area contributed by atoms with E-state index in [0.29, 0.717) is 19.5 Å². The molecule has 14 heteroatoms. The molecule has 0 bridgehead atoms. The predicted octanol–water partition coefficient (Wildman–Crippen LogP) is 1.32. The highest BCUT2D eigenvalue weighted by molar-refractivity contribution is 14.1. The number of oxime groups is 1. The fourth-order valence-electron chi connectivity index (χ4n) is 6.71. The fraction of sp³-hybridized carbons (Fsp3) is 0.152. The second-order valence-electron chi connectivity index (χ2n) is 11.2. The molecule has 0 amide bonds. The van der Waals surface area contributed by atoms with Gasteiger partial charge in [-0.05, 0) is 64.8 Å². The highest BCUT2D eigenvalue weighted by Crippen LogP contribution is 2.55. The number of benzene rings is 2. The van der Waals surface area contributed by atoms with Crippen molar-refractivity contribution in [3.05, 3.63) is 139 Å². The number of phenols is 1. The van der Waals surface area contributed by atoms with Crippen molar-refractivity contribution in [2.45, 2.75) is 24.9 Å². The lowest BCUT2D eigenvalue weighted by molar-refractivity contribution is 0.132. The smallest absolute Gasteiger partial charge is 0.260 e. The standard InChI is InChI=1S/C33H20ClIN2O10/c1-46-18-9-17(38)20-21(26(18)39)28(41)23-22(27(20)40)30(43)33(31(23)44)6-5-15-24(33)29(42)19-16(25(15)35)8-14(37-32(19)45)10-36-47-11-12-3-2-4-13(34)7-12/h2-4,7-10,42-44H,5-6,11H2,1H3,(H,37,45)/t33-/m0/s1. The van der Waals surface area contributed by atoms with E-state index >= 15 is 0 Å². The summed E-state index contributed by atoms with van der Waals surface area (Å²) in [5.41, 5.74) is -5.55. The monoisotopic (exact) mass is 766 g/mol. The maximum atomic E-state index is 13.7. The van der Waals surface area contributed by atoms with E-state index in [0.717, 1.165) is 18.7 Å². The molecule has 0 saturated heterocycles. The molecular weight excluding hydrogens is 747 g/mol. The summed E-state index contributed by atoms with van der Waals surface area (Å²) in [5.74, 6) is -2.58. The Morgan fingerprint density at radius 3 is 2.36 bits per heavy atom. The molecule has 0 radical (unpaired) electrons. The zero-order valence-corrected chi connectivity index (χ0v) is 27.0. The number of ether oxygens (including phenoxy) is 1. The first-order valence-electron chi connectivity index (χ1n) is 14.0. The summed E-state index contributed by atoms with van der Waals surface area (Å²) in [6.07, 6.45) is 1.33. The number of halogens is 2. The summed E-state index contributed by atoms with van der Waals surface area (Å²) >= 11 is 7.97. The van der Waals surface area contributed by atoms with Gasteiger partial charge in [-0.1, -0.05) is 28.9 Å². The molecule has 0 saturated carbocycles. The van der Waals surface area contributed by atoms with Crippen LogP contribution in [-0.2, 0) is 23.3 Å². The number of nitrogens with zero attached hydrogens (tertiary/aromatic N) is 1. The topological polar surface area (TPSA) is 193 Å². The molecule has 1 aromatic heterocycles. The summed E-state index contributed by atoms with van der Waals surface area (Å²) in [4.78, 5) is 74.5. The van der Waals surface area contributed by atoms with E-state index in [1.807, 2.05) is 28.7 Å². The molecule has 236 valence electrons. The first kappa shape index (κ1) is 30.6. The summed E-state index contributed by atoms with van der Waals surface area (Å²) in [7, 11) is 1.12. The summed E-state index contributed by atoms with van der Waals surface area (Å²) in [6.45, 7) is 0.122. The van der Waals surface area contributed by atoms with Gasteiger partial charge in [-0.15, -0.1) is 0 Å². The highest BCUT2D eigenvalue weighted by Gasteiger charge is 2.53. The third-order valence-corrected chi connectivity index (χ3v) is 10.2. The number of aliphatic hydroxyl groups excluding tert-OH is 2. The van der Waals surface area contributed by atoms with E-state index in [1.54, 1.807) is 24.3 Å². The lowest BCUT2D eigenvalue weighted by Gasteiger charge is -2.27. The Balaban J connectivity index is 1.42. The van der Waals surface area contributed by atoms with Crippen molar-refractivity contribution in [1.82, 2.24) is 4.98 Å². The summed E-state index contributed by atoms with van der Waals surface area (Å²) in [6, 6.07) is 9.38. The van der Waals surface area contributed by atoms with E-state index in [1.165, 1.54) is 6.21 Å². The van der Waals surface area contributed by atoms with E-state index in [-0.39, 0.29) is 36.1 Å². The van der Waals surface area contributed by atoms with Gasteiger partial charge in [-0.2, -0.15) is 0 Å². The van der Waals surface area contributed by atoms with E-state index in [4.69, 9.17) is 21.2 Å². The summed E-state index contributed by atoms with van der Waals surface area (Å²) in [5, 5.41) is 36.8. The number of pyridine rings is 1. The Labute approximate surface area is 279 Å². The average molecular weight is 767 g/mol. The lowest BCUT2D eigenvalue weighted by atomic mass is 9.78. The van der Waals surface area contributed by atoms with Crippen LogP contribution in [-0.4, -0.2) is 33.6 Å². The first-order chi connectivity index (χ1) is 22.4. The number of methoxy groups -OCH3 is 1. The molecule has 7 rings (SSSR count). The number of aliphatic hydroxyl groups is 2. The van der Waals surface area contributed by atoms with Crippen molar-refractivity contribution < 1.29 is 24.9 Å². The van der Waals surface area contributed by atoms with Crippen molar-refractivity contribution in [2.75, 3.05) is 7.11 Å². The average Bonchev–Trinajstić information content (AvgIpc) is 3.55. The van der Waals surface area contributed by atoms with Crippen molar-refractivity contribution in [3.8, 4) is 11.5 Å². The Kier molecular flexibility index (Phi) is 7.02. The third kappa shape index (κ3) is 4.18. The Morgan fingerprint density at radius 1 is 0.979 bits per heavy atom. The molecule has 4 aliphatic rings. The van der Waals surface area contributed by atoms with E-state index in [2.05, 4.69) is 10.1 Å². The van der Waals surface area contributed by atoms with Crippen LogP contribution in [0.3, 0.4) is 0 Å². The predicted molar refractivity (Wildman–Crippen MR) is 180 cm³/mol. The minimum atomic E-state index is -2.00. The number of aromatic hydroxyl groups is 1. The first-order valence-corrected chi connectivity index (χ1v) is 15.4. The number of hydrogen-bond acceptors (Lipinski definition) is 11. The molecule has 1 spiro atoms. The van der Waals surface area contributed by atoms with Crippen molar-refractivity contribution in [3.63, 3.8) is 0 Å². The molecule has 4 aliphatic carbocycles. The Morgan fingerprint density at radius 2 is 1.68 bits per heavy atom. The lowest BCUT2D eigenvalue weighted by Crippen LogP contribution is -2.51. The molecule has 0 aliphatic heterocycles. The SMILES string of the molecule is COc1cc(=O)c2c(=O)c3c(c(=O)c=2c1=O)=C(O)[C@]1(CCc2c1c(O)c1c(=O)[nH]c(C=NOCc4cccc(Cl)c4)cc1c2I)C=3O. The van der Waals surface area contributed by atoms with Gasteiger partial charge in [0.2, 0.25) is 16.3 Å². The molecule has 12 nitrogen and oxygen atoms in total. The van der Waals surface area contributed by atoms with Crippen LogP contribution in [0.2, 0.25) is 5.02 Å². The molecule has 0 fully saturated rings. The van der Waals surface area contributed by atoms with Gasteiger partial charge >= 0.3 is 0 Å². The number of aromatic nitrogens is 1. The second-order valence-corrected chi connectivity index (χ2v) is 12.7. The van der Waals surface area contributed by atoms with Crippen molar-refractivity contribution in [2.24, 2.45) is 5.16 Å². The Hall–Kier alpha value is -5.02. The van der Waals surface area contributed by atoms with Gasteiger partial charge in [0.25, 0.3) is 5.56 Å². The van der Waals surface area contributed by atoms with Crippen LogP contribution < -0.4 is 42.4 Å². The number of phenolic OH excluding ortho intramolecular Hbond substituents is 1. The maximum absolute atomic E-state index is 13.7. The van der Waals surface area contributed by atoms with Crippen LogP contribution in [0.25, 0.3) is 22.3 Å². The number of fused-ring (bicyclic) bond motifs is 4. The van der Waals surface area contributed by atoms with Crippen LogP contribution >= 0.6 is 34.2 Å². The normalized spacial score (nSPS) is 16.9. The highest BCUT2D eigenvalue weighted by atomic mass is 127. The molecule has 4 N–H and O–H groups in total. The molecule has 1 heterocycles. The minimum Gasteiger partial charge on any atom is -0.510 e. The van der Waals surface area contributed by atoms with Crippen LogP contribution in [0.15, 0.2) is 65.5 Å². The third-order valence-electron chi connectivity index (χ3n) is 8.76. The van der Waals surface area contributed by atoms with Crippen LogP contribution in [0.1, 0.15) is 28.8 Å². The molecule has 1 atom stereocenters. The quantitative estimate of drug-likeness (QED) is 0.115. The zero-order valence-electron chi connectivity index (χ0n) is 24.1. The molecule has 0 unspecified atom stereocenters. The Bertz CT molecular complexity index is 2750. The van der Waals surface area contributed by atoms with E-state index in [9.17, 15) is 39.3 Å². The number of aromatic amines is 1. The van der Waals surface area contributed by atoms with Crippen molar-refractivity contribution >= 4 is 62.7 Å². The van der Waals surface area contributed by atoms with Crippen LogP contribution in [0, 0.1) is 14.0 Å². The molecule has 47 heavy (non-hydrogen) atoms. The fourth-order valence-corrected chi connectivity index (χ4v) is 7.89. The van der Waals surface area contributed by atoms with Gasteiger partial charge in [0.15, 0.2) is 11.2 Å². The van der Waals surface area contributed by atoms with Gasteiger partial charge < -0.3 is 29.9 Å². The van der Waals surface area contributed by atoms with Gasteiger partial charge in [0, 0.05) is 25.6 Å². The number of rotatable bonds is 5. The molecule has 2 aromatic carbocycles. The van der Waals surface area contributed by atoms with Crippen LogP contribution in [0.4, 0.5) is 0 Å².